The fourth-order valence-electron chi connectivity index (χ4n) is 3.07. The van der Waals surface area contributed by atoms with E-state index in [1.165, 1.54) is 16.7 Å². The minimum absolute atomic E-state index is 0.0297. The zero-order chi connectivity index (χ0) is 15.2. The average molecular weight is 299 g/mol. The summed E-state index contributed by atoms with van der Waals surface area (Å²) in [6, 6.07) is 3.64. The molecular weight excluding hydrogens is 283 g/mol. The molecule has 1 N–H and O–H groups in total. The highest BCUT2D eigenvalue weighted by Crippen LogP contribution is 2.35. The lowest BCUT2D eigenvalue weighted by Gasteiger charge is -2.16. The van der Waals surface area contributed by atoms with Crippen LogP contribution in [0, 0.1) is 0 Å². The normalized spacial score (nSPS) is 20.5. The van der Waals surface area contributed by atoms with Gasteiger partial charge in [-0.1, -0.05) is 13.0 Å². The van der Waals surface area contributed by atoms with Gasteiger partial charge in [-0.05, 0) is 25.1 Å². The number of aromatic nitrogens is 2. The number of nitrogens with zero attached hydrogens (tertiary/aromatic N) is 2. The van der Waals surface area contributed by atoms with Gasteiger partial charge in [0.15, 0.2) is 0 Å². The lowest BCUT2D eigenvalue weighted by Crippen LogP contribution is -2.26. The Kier molecular flexibility index (Phi) is 3.32. The van der Waals surface area contributed by atoms with Crippen molar-refractivity contribution < 1.29 is 13.2 Å². The summed E-state index contributed by atoms with van der Waals surface area (Å²) >= 11 is 0. The molecule has 1 aliphatic heterocycles. The molecule has 0 saturated carbocycles. The number of halogens is 3. The summed E-state index contributed by atoms with van der Waals surface area (Å²) in [6.45, 7) is 4.24. The Morgan fingerprint density at radius 2 is 2.14 bits per heavy atom. The quantitative estimate of drug-likeness (QED) is 0.926. The molecule has 1 aromatic heterocycles. The second kappa shape index (κ2) is 4.91. The fraction of sp³-hybridized carbons (Fsp3) is 0.500. The zero-order valence-corrected chi connectivity index (χ0v) is 11.6. The van der Waals surface area contributed by atoms with Crippen LogP contribution < -0.4 is 5.69 Å². The van der Waals surface area contributed by atoms with Crippen LogP contribution in [0.3, 0.4) is 0 Å². The topological polar surface area (TPSA) is 41.0 Å². The Labute approximate surface area is 119 Å². The Morgan fingerprint density at radius 1 is 1.38 bits per heavy atom. The van der Waals surface area contributed by atoms with Crippen molar-refractivity contribution in [3.63, 3.8) is 0 Å². The third-order valence-corrected chi connectivity index (χ3v) is 4.10. The Balaban J connectivity index is 2.19. The van der Waals surface area contributed by atoms with Gasteiger partial charge in [-0.2, -0.15) is 13.2 Å². The van der Waals surface area contributed by atoms with Gasteiger partial charge in [-0.15, -0.1) is 0 Å². The number of nitrogens with one attached hydrogen (secondary N) is 1. The maximum Gasteiger partial charge on any atom is 0.418 e. The maximum absolute atomic E-state index is 13.2. The van der Waals surface area contributed by atoms with Crippen LogP contribution in [0.25, 0.3) is 11.0 Å². The molecule has 21 heavy (non-hydrogen) atoms. The third kappa shape index (κ3) is 2.35. The average Bonchev–Trinajstić information content (AvgIpc) is 2.99. The second-order valence-corrected chi connectivity index (χ2v) is 5.34. The van der Waals surface area contributed by atoms with Crippen LogP contribution in [0.4, 0.5) is 13.2 Å². The molecule has 1 saturated heterocycles. The van der Waals surface area contributed by atoms with Crippen molar-refractivity contribution >= 4 is 11.0 Å². The molecule has 1 atom stereocenters. The number of alkyl halides is 3. The molecule has 0 spiro atoms. The van der Waals surface area contributed by atoms with Gasteiger partial charge in [0, 0.05) is 13.1 Å². The monoisotopic (exact) mass is 299 g/mol. The minimum atomic E-state index is -4.47. The van der Waals surface area contributed by atoms with Crippen molar-refractivity contribution in [3.8, 4) is 0 Å². The number of imidazole rings is 1. The first-order valence-corrected chi connectivity index (χ1v) is 6.94. The van der Waals surface area contributed by atoms with Crippen LogP contribution in [-0.4, -0.2) is 34.1 Å². The second-order valence-electron chi connectivity index (χ2n) is 5.34. The van der Waals surface area contributed by atoms with E-state index < -0.39 is 17.4 Å². The van der Waals surface area contributed by atoms with Gasteiger partial charge >= 0.3 is 11.9 Å². The van der Waals surface area contributed by atoms with Gasteiger partial charge in [0.05, 0.1) is 22.6 Å². The van der Waals surface area contributed by atoms with E-state index in [4.69, 9.17) is 0 Å². The van der Waals surface area contributed by atoms with Crippen LogP contribution in [0.5, 0.6) is 0 Å². The molecule has 1 aromatic carbocycles. The number of rotatable bonds is 2. The largest absolute Gasteiger partial charge is 0.418 e. The zero-order valence-electron chi connectivity index (χ0n) is 11.6. The summed E-state index contributed by atoms with van der Waals surface area (Å²) in [7, 11) is 0. The minimum Gasteiger partial charge on any atom is -0.306 e. The van der Waals surface area contributed by atoms with E-state index in [0.717, 1.165) is 19.2 Å². The first-order chi connectivity index (χ1) is 9.91. The summed E-state index contributed by atoms with van der Waals surface area (Å²) in [5.41, 5.74) is -1.01. The number of likely N-dealkylation sites (N-methyl/N-ethyl adjacent to an activating group) is 1. The van der Waals surface area contributed by atoms with Crippen molar-refractivity contribution in [1.29, 1.82) is 0 Å². The molecule has 114 valence electrons. The van der Waals surface area contributed by atoms with E-state index in [1.807, 2.05) is 6.92 Å². The van der Waals surface area contributed by atoms with Crippen LogP contribution in [0.2, 0.25) is 0 Å². The van der Waals surface area contributed by atoms with E-state index >= 15 is 0 Å². The standard InChI is InChI=1S/C14H16F3N3O/c1-2-19-7-6-9(8-19)20-12-10(14(15,16)17)4-3-5-11(12)18-13(20)21/h3-5,9H,2,6-8H2,1H3,(H,18,21). The highest BCUT2D eigenvalue weighted by atomic mass is 19.4. The summed E-state index contributed by atoms with van der Waals surface area (Å²) < 4.78 is 40.9. The number of H-pyrrole nitrogens is 1. The lowest BCUT2D eigenvalue weighted by atomic mass is 10.1. The maximum atomic E-state index is 13.2. The van der Waals surface area contributed by atoms with Crippen molar-refractivity contribution in [2.75, 3.05) is 19.6 Å². The van der Waals surface area contributed by atoms with Gasteiger partial charge in [0.25, 0.3) is 0 Å². The molecule has 2 heterocycles. The van der Waals surface area contributed by atoms with Crippen LogP contribution in [0.1, 0.15) is 24.9 Å². The number of para-hydroxylation sites is 1. The molecule has 0 radical (unpaired) electrons. The molecule has 0 aliphatic carbocycles. The van der Waals surface area contributed by atoms with Crippen molar-refractivity contribution in [2.24, 2.45) is 0 Å². The van der Waals surface area contributed by atoms with Crippen LogP contribution >= 0.6 is 0 Å². The Bertz CT molecular complexity index is 716. The summed E-state index contributed by atoms with van der Waals surface area (Å²) in [4.78, 5) is 16.8. The number of aromatic amines is 1. The molecule has 0 amide bonds. The van der Waals surface area contributed by atoms with Crippen molar-refractivity contribution in [2.45, 2.75) is 25.6 Å². The van der Waals surface area contributed by atoms with Crippen LogP contribution in [0.15, 0.2) is 23.0 Å². The van der Waals surface area contributed by atoms with E-state index in [2.05, 4.69) is 9.88 Å². The van der Waals surface area contributed by atoms with Gasteiger partial charge in [-0.25, -0.2) is 4.79 Å². The molecule has 1 aliphatic rings. The van der Waals surface area contributed by atoms with Gasteiger partial charge in [0.1, 0.15) is 0 Å². The molecule has 0 bridgehead atoms. The number of hydrogen-bond donors (Lipinski definition) is 1. The molecule has 1 unspecified atom stereocenters. The van der Waals surface area contributed by atoms with Crippen molar-refractivity contribution in [1.82, 2.24) is 14.5 Å². The molecule has 7 heteroatoms. The summed E-state index contributed by atoms with van der Waals surface area (Å²) in [5.74, 6) is 0. The molecule has 2 aromatic rings. The highest BCUT2D eigenvalue weighted by molar-refractivity contribution is 5.79. The number of likely N-dealkylation sites (tertiary alicyclic amines) is 1. The smallest absolute Gasteiger partial charge is 0.306 e. The predicted molar refractivity (Wildman–Crippen MR) is 73.3 cm³/mol. The third-order valence-electron chi connectivity index (χ3n) is 4.10. The summed E-state index contributed by atoms with van der Waals surface area (Å²) in [6.07, 6.45) is -3.79. The summed E-state index contributed by atoms with van der Waals surface area (Å²) in [5, 5.41) is 0. The number of hydrogen-bond acceptors (Lipinski definition) is 2. The number of benzene rings is 1. The van der Waals surface area contributed by atoms with E-state index in [0.29, 0.717) is 13.0 Å². The fourth-order valence-corrected chi connectivity index (χ4v) is 3.07. The highest BCUT2D eigenvalue weighted by Gasteiger charge is 2.36. The van der Waals surface area contributed by atoms with Crippen LogP contribution in [-0.2, 0) is 6.18 Å². The number of fused-ring (bicyclic) bond motifs is 1. The van der Waals surface area contributed by atoms with E-state index in [1.54, 1.807) is 0 Å². The predicted octanol–water partition coefficient (Wildman–Crippen LogP) is 2.62. The Morgan fingerprint density at radius 3 is 2.76 bits per heavy atom. The van der Waals surface area contributed by atoms with E-state index in [9.17, 15) is 18.0 Å². The lowest BCUT2D eigenvalue weighted by molar-refractivity contribution is -0.136. The molecule has 4 nitrogen and oxygen atoms in total. The molecule has 1 fully saturated rings. The van der Waals surface area contributed by atoms with Gasteiger partial charge in [0.2, 0.25) is 0 Å². The first kappa shape index (κ1) is 14.2. The Hall–Kier alpha value is -1.76. The van der Waals surface area contributed by atoms with E-state index in [-0.39, 0.29) is 17.1 Å². The van der Waals surface area contributed by atoms with Gasteiger partial charge in [-0.3, -0.25) is 4.57 Å². The molecular formula is C14H16F3N3O. The van der Waals surface area contributed by atoms with Crippen molar-refractivity contribution in [3.05, 3.63) is 34.2 Å². The molecule has 3 rings (SSSR count). The SMILES string of the molecule is CCN1CCC(n2c(=O)[nH]c3cccc(C(F)(F)F)c32)C1. The van der Waals surface area contributed by atoms with Gasteiger partial charge < -0.3 is 9.88 Å². The first-order valence-electron chi connectivity index (χ1n) is 6.94.